The van der Waals surface area contributed by atoms with Gasteiger partial charge in [-0.2, -0.15) is 0 Å². The van der Waals surface area contributed by atoms with Crippen LogP contribution in [0.5, 0.6) is 0 Å². The van der Waals surface area contributed by atoms with Crippen LogP contribution in [0, 0.1) is 0 Å². The zero-order chi connectivity index (χ0) is 14.1. The first-order chi connectivity index (χ1) is 8.94. The van der Waals surface area contributed by atoms with Crippen LogP contribution < -0.4 is 5.73 Å². The van der Waals surface area contributed by atoms with Crippen LogP contribution in [-0.4, -0.2) is 67.8 Å². The van der Waals surface area contributed by atoms with Crippen LogP contribution in [0.1, 0.15) is 39.0 Å². The van der Waals surface area contributed by atoms with E-state index in [9.17, 15) is 0 Å². The first-order valence-corrected chi connectivity index (χ1v) is 7.64. The molecule has 4 nitrogen and oxygen atoms in total. The Hall–Kier alpha value is -0.160. The van der Waals surface area contributed by atoms with Crippen molar-refractivity contribution in [1.82, 2.24) is 9.80 Å². The second-order valence-corrected chi connectivity index (χ2v) is 6.89. The zero-order valence-corrected chi connectivity index (χ0v) is 13.1. The molecule has 2 unspecified atom stereocenters. The predicted molar refractivity (Wildman–Crippen MR) is 79.3 cm³/mol. The van der Waals surface area contributed by atoms with Crippen LogP contribution in [0.4, 0.5) is 0 Å². The maximum absolute atomic E-state index is 6.14. The van der Waals surface area contributed by atoms with Gasteiger partial charge in [-0.15, -0.1) is 0 Å². The molecule has 112 valence electrons. The lowest BCUT2D eigenvalue weighted by atomic mass is 9.74. The second kappa shape index (κ2) is 5.68. The van der Waals surface area contributed by atoms with Gasteiger partial charge in [0.05, 0.1) is 6.10 Å². The molecule has 2 N–H and O–H groups in total. The lowest BCUT2D eigenvalue weighted by Gasteiger charge is -2.54. The normalized spacial score (nSPS) is 34.6. The Bertz CT molecular complexity index is 304. The maximum Gasteiger partial charge on any atom is 0.0565 e. The van der Waals surface area contributed by atoms with E-state index in [1.54, 1.807) is 0 Å². The summed E-state index contributed by atoms with van der Waals surface area (Å²) in [6.45, 7) is 4.88. The van der Waals surface area contributed by atoms with Crippen LogP contribution in [0.15, 0.2) is 0 Å². The van der Waals surface area contributed by atoms with Gasteiger partial charge in [0, 0.05) is 30.8 Å². The molecule has 19 heavy (non-hydrogen) atoms. The van der Waals surface area contributed by atoms with E-state index in [0.717, 1.165) is 32.5 Å². The van der Waals surface area contributed by atoms with E-state index in [4.69, 9.17) is 10.5 Å². The molecule has 1 heterocycles. The molecule has 1 aliphatic heterocycles. The highest BCUT2D eigenvalue weighted by atomic mass is 16.5. The Labute approximate surface area is 118 Å². The van der Waals surface area contributed by atoms with E-state index in [1.807, 2.05) is 0 Å². The van der Waals surface area contributed by atoms with Crippen molar-refractivity contribution in [2.45, 2.75) is 56.2 Å². The predicted octanol–water partition coefficient (Wildman–Crippen LogP) is 1.30. The molecule has 2 aliphatic rings. The summed E-state index contributed by atoms with van der Waals surface area (Å²) in [5.74, 6) is 0. The van der Waals surface area contributed by atoms with E-state index >= 15 is 0 Å². The van der Waals surface area contributed by atoms with Gasteiger partial charge in [-0.05, 0) is 60.2 Å². The summed E-state index contributed by atoms with van der Waals surface area (Å²) in [6, 6.07) is 0. The fourth-order valence-corrected chi connectivity index (χ4v) is 3.77. The largest absolute Gasteiger partial charge is 0.378 e. The van der Waals surface area contributed by atoms with Gasteiger partial charge in [0.15, 0.2) is 0 Å². The van der Waals surface area contributed by atoms with Crippen molar-refractivity contribution in [1.29, 1.82) is 0 Å². The quantitative estimate of drug-likeness (QED) is 0.817. The van der Waals surface area contributed by atoms with Gasteiger partial charge in [0.1, 0.15) is 0 Å². The van der Waals surface area contributed by atoms with E-state index < -0.39 is 0 Å². The smallest absolute Gasteiger partial charge is 0.0565 e. The SMILES string of the molecule is CC1CC(CN)(N(C)CC2(N(C)C)CCC2)CCO1. The first kappa shape index (κ1) is 15.2. The number of rotatable bonds is 5. The highest BCUT2D eigenvalue weighted by molar-refractivity contribution is 5.02. The van der Waals surface area contributed by atoms with Gasteiger partial charge >= 0.3 is 0 Å². The van der Waals surface area contributed by atoms with Crippen molar-refractivity contribution in [3.63, 3.8) is 0 Å². The van der Waals surface area contributed by atoms with Crippen molar-refractivity contribution in [3.8, 4) is 0 Å². The summed E-state index contributed by atoms with van der Waals surface area (Å²) >= 11 is 0. The number of hydrogen-bond acceptors (Lipinski definition) is 4. The lowest BCUT2D eigenvalue weighted by molar-refractivity contribution is -0.0780. The molecular weight excluding hydrogens is 238 g/mol. The molecule has 4 heteroatoms. The van der Waals surface area contributed by atoms with E-state index in [2.05, 4.69) is 37.9 Å². The molecule has 0 bridgehead atoms. The summed E-state index contributed by atoms with van der Waals surface area (Å²) in [7, 11) is 6.69. The average Bonchev–Trinajstić information content (AvgIpc) is 2.32. The van der Waals surface area contributed by atoms with Gasteiger partial charge in [-0.1, -0.05) is 0 Å². The summed E-state index contributed by atoms with van der Waals surface area (Å²) in [6.07, 6.45) is 6.45. The van der Waals surface area contributed by atoms with Crippen molar-refractivity contribution in [2.24, 2.45) is 5.73 Å². The molecule has 0 aromatic carbocycles. The molecule has 1 saturated carbocycles. The Morgan fingerprint density at radius 3 is 2.26 bits per heavy atom. The summed E-state index contributed by atoms with van der Waals surface area (Å²) < 4.78 is 5.71. The zero-order valence-electron chi connectivity index (χ0n) is 13.1. The standard InChI is InChI=1S/C15H31N3O/c1-13-10-15(11-16,8-9-19-13)18(4)12-14(17(2)3)6-5-7-14/h13H,5-12,16H2,1-4H3. The highest BCUT2D eigenvalue weighted by Crippen LogP contribution is 2.39. The van der Waals surface area contributed by atoms with Crippen LogP contribution >= 0.6 is 0 Å². The molecule has 0 aromatic rings. The van der Waals surface area contributed by atoms with Crippen LogP contribution in [0.3, 0.4) is 0 Å². The van der Waals surface area contributed by atoms with Crippen LogP contribution in [-0.2, 0) is 4.74 Å². The molecule has 1 saturated heterocycles. The fourth-order valence-electron chi connectivity index (χ4n) is 3.77. The number of hydrogen-bond donors (Lipinski definition) is 1. The number of likely N-dealkylation sites (N-methyl/N-ethyl adjacent to an activating group) is 2. The Morgan fingerprint density at radius 1 is 1.16 bits per heavy atom. The second-order valence-electron chi connectivity index (χ2n) is 6.89. The average molecular weight is 269 g/mol. The molecule has 2 atom stereocenters. The van der Waals surface area contributed by atoms with Crippen molar-refractivity contribution in [3.05, 3.63) is 0 Å². The van der Waals surface area contributed by atoms with Crippen LogP contribution in [0.2, 0.25) is 0 Å². The molecule has 2 fully saturated rings. The Balaban J connectivity index is 2.06. The van der Waals surface area contributed by atoms with Crippen molar-refractivity contribution in [2.75, 3.05) is 40.8 Å². The summed E-state index contributed by atoms with van der Waals surface area (Å²) in [5.41, 5.74) is 6.65. The third-order valence-corrected chi connectivity index (χ3v) is 5.59. The van der Waals surface area contributed by atoms with Gasteiger partial charge < -0.3 is 15.4 Å². The minimum absolute atomic E-state index is 0.135. The Kier molecular flexibility index (Phi) is 4.56. The van der Waals surface area contributed by atoms with E-state index in [0.29, 0.717) is 11.6 Å². The monoisotopic (exact) mass is 269 g/mol. The Morgan fingerprint density at radius 2 is 1.84 bits per heavy atom. The summed E-state index contributed by atoms with van der Waals surface area (Å²) in [4.78, 5) is 4.95. The van der Waals surface area contributed by atoms with Gasteiger partial charge in [0.25, 0.3) is 0 Å². The molecular formula is C15H31N3O. The third kappa shape index (κ3) is 2.82. The third-order valence-electron chi connectivity index (χ3n) is 5.59. The highest BCUT2D eigenvalue weighted by Gasteiger charge is 2.45. The van der Waals surface area contributed by atoms with Gasteiger partial charge in [0.2, 0.25) is 0 Å². The summed E-state index contributed by atoms with van der Waals surface area (Å²) in [5, 5.41) is 0. The number of nitrogens with zero attached hydrogens (tertiary/aromatic N) is 2. The molecule has 0 amide bonds. The molecule has 1 aliphatic carbocycles. The topological polar surface area (TPSA) is 41.7 Å². The van der Waals surface area contributed by atoms with Crippen molar-refractivity contribution < 1.29 is 4.74 Å². The van der Waals surface area contributed by atoms with Crippen LogP contribution in [0.25, 0.3) is 0 Å². The molecule has 0 radical (unpaired) electrons. The van der Waals surface area contributed by atoms with Gasteiger partial charge in [-0.25, -0.2) is 0 Å². The molecule has 0 aromatic heterocycles. The molecule has 2 rings (SSSR count). The molecule has 0 spiro atoms. The minimum Gasteiger partial charge on any atom is -0.378 e. The lowest BCUT2D eigenvalue weighted by Crippen LogP contribution is -2.64. The number of nitrogens with two attached hydrogens (primary N) is 1. The minimum atomic E-state index is 0.135. The van der Waals surface area contributed by atoms with E-state index in [1.165, 1.54) is 19.3 Å². The van der Waals surface area contributed by atoms with Crippen molar-refractivity contribution >= 4 is 0 Å². The van der Waals surface area contributed by atoms with Gasteiger partial charge in [-0.3, -0.25) is 4.90 Å². The van der Waals surface area contributed by atoms with E-state index in [-0.39, 0.29) is 5.54 Å². The number of ether oxygens (including phenoxy) is 1. The first-order valence-electron chi connectivity index (χ1n) is 7.64. The maximum atomic E-state index is 6.14. The fraction of sp³-hybridized carbons (Fsp3) is 1.00.